The number of halogens is 2. The number of carbonyl (C=O) groups is 1. The zero-order chi connectivity index (χ0) is 19.4. The first-order chi connectivity index (χ1) is 13.0. The minimum absolute atomic E-state index is 0.0571. The van der Waals surface area contributed by atoms with Crippen LogP contribution in [-0.2, 0) is 17.9 Å². The van der Waals surface area contributed by atoms with Gasteiger partial charge in [-0.3, -0.25) is 4.79 Å². The number of nitrogens with zero attached hydrogens (tertiary/aromatic N) is 2. The van der Waals surface area contributed by atoms with Crippen molar-refractivity contribution >= 4 is 40.1 Å². The Bertz CT molecular complexity index is 956. The molecule has 7 heteroatoms. The highest BCUT2D eigenvalue weighted by Gasteiger charge is 2.15. The van der Waals surface area contributed by atoms with Gasteiger partial charge in [0.05, 0.1) is 16.1 Å². The van der Waals surface area contributed by atoms with Crippen molar-refractivity contribution in [2.75, 3.05) is 0 Å². The van der Waals surface area contributed by atoms with Crippen molar-refractivity contribution in [3.8, 4) is 5.75 Å². The summed E-state index contributed by atoms with van der Waals surface area (Å²) in [5.74, 6) is 1.11. The molecule has 0 aliphatic carbocycles. The average molecular weight is 406 g/mol. The van der Waals surface area contributed by atoms with Gasteiger partial charge in [-0.05, 0) is 43.7 Å². The fourth-order valence-corrected chi connectivity index (χ4v) is 3.18. The van der Waals surface area contributed by atoms with Crippen molar-refractivity contribution in [2.45, 2.75) is 39.5 Å². The van der Waals surface area contributed by atoms with E-state index in [-0.39, 0.29) is 25.1 Å². The van der Waals surface area contributed by atoms with Gasteiger partial charge in [-0.15, -0.1) is 0 Å². The van der Waals surface area contributed by atoms with Crippen LogP contribution in [-0.4, -0.2) is 21.5 Å². The molecule has 1 atom stereocenters. The predicted octanol–water partition coefficient (Wildman–Crippen LogP) is 4.84. The molecule has 3 rings (SSSR count). The van der Waals surface area contributed by atoms with Crippen LogP contribution in [0.4, 0.5) is 0 Å². The average Bonchev–Trinajstić information content (AvgIpc) is 2.98. The van der Waals surface area contributed by atoms with Crippen LogP contribution in [0.2, 0.25) is 10.0 Å². The van der Waals surface area contributed by atoms with E-state index in [1.54, 1.807) is 18.2 Å². The van der Waals surface area contributed by atoms with Crippen LogP contribution in [0.15, 0.2) is 42.5 Å². The Balaban J connectivity index is 1.84. The van der Waals surface area contributed by atoms with Gasteiger partial charge < -0.3 is 14.6 Å². The molecule has 0 saturated heterocycles. The fraction of sp³-hybridized carbons (Fsp3) is 0.300. The SMILES string of the molecule is CC[C@H](C)NC(=O)Cn1c(COc2ccc(Cl)cc2Cl)nc2ccccc21. The Labute approximate surface area is 168 Å². The van der Waals surface area contributed by atoms with Gasteiger partial charge in [-0.2, -0.15) is 0 Å². The van der Waals surface area contributed by atoms with Crippen molar-refractivity contribution in [1.29, 1.82) is 0 Å². The third-order valence-corrected chi connectivity index (χ3v) is 4.84. The lowest BCUT2D eigenvalue weighted by Crippen LogP contribution is -2.35. The second-order valence-electron chi connectivity index (χ2n) is 6.34. The molecule has 0 radical (unpaired) electrons. The number of amides is 1. The van der Waals surface area contributed by atoms with Gasteiger partial charge in [0.25, 0.3) is 0 Å². The van der Waals surface area contributed by atoms with Crippen molar-refractivity contribution in [3.05, 3.63) is 58.3 Å². The van der Waals surface area contributed by atoms with Crippen LogP contribution in [0.3, 0.4) is 0 Å². The largest absolute Gasteiger partial charge is 0.484 e. The second-order valence-corrected chi connectivity index (χ2v) is 7.19. The summed E-state index contributed by atoms with van der Waals surface area (Å²) >= 11 is 12.1. The van der Waals surface area contributed by atoms with E-state index in [0.717, 1.165) is 17.5 Å². The number of fused-ring (bicyclic) bond motifs is 1. The molecule has 0 saturated carbocycles. The van der Waals surface area contributed by atoms with Gasteiger partial charge in [-0.1, -0.05) is 42.3 Å². The maximum Gasteiger partial charge on any atom is 0.240 e. The molecule has 0 bridgehead atoms. The maximum atomic E-state index is 12.4. The Morgan fingerprint density at radius 2 is 2.04 bits per heavy atom. The van der Waals surface area contributed by atoms with Crippen molar-refractivity contribution < 1.29 is 9.53 Å². The molecule has 0 aliphatic rings. The molecular formula is C20H21Cl2N3O2. The van der Waals surface area contributed by atoms with Gasteiger partial charge in [0.1, 0.15) is 24.7 Å². The minimum atomic E-state index is -0.0571. The van der Waals surface area contributed by atoms with E-state index < -0.39 is 0 Å². The summed E-state index contributed by atoms with van der Waals surface area (Å²) in [4.78, 5) is 17.0. The molecule has 142 valence electrons. The number of nitrogens with one attached hydrogen (secondary N) is 1. The molecular weight excluding hydrogens is 385 g/mol. The molecule has 3 aromatic rings. The highest BCUT2D eigenvalue weighted by atomic mass is 35.5. The standard InChI is InChI=1S/C20H21Cl2N3O2/c1-3-13(2)23-20(26)11-25-17-7-5-4-6-16(17)24-19(25)12-27-18-9-8-14(21)10-15(18)22/h4-10,13H,3,11-12H2,1-2H3,(H,23,26)/t13-/m0/s1. The van der Waals surface area contributed by atoms with Crippen LogP contribution < -0.4 is 10.1 Å². The van der Waals surface area contributed by atoms with Crippen molar-refractivity contribution in [3.63, 3.8) is 0 Å². The number of aromatic nitrogens is 2. The topological polar surface area (TPSA) is 56.2 Å². The highest BCUT2D eigenvalue weighted by Crippen LogP contribution is 2.28. The van der Waals surface area contributed by atoms with E-state index >= 15 is 0 Å². The number of para-hydroxylation sites is 2. The minimum Gasteiger partial charge on any atom is -0.484 e. The summed E-state index contributed by atoms with van der Waals surface area (Å²) in [6.45, 7) is 4.38. The van der Waals surface area contributed by atoms with Gasteiger partial charge in [0.2, 0.25) is 5.91 Å². The first-order valence-corrected chi connectivity index (χ1v) is 9.55. The smallest absolute Gasteiger partial charge is 0.240 e. The molecule has 1 amide bonds. The normalized spacial score (nSPS) is 12.1. The lowest BCUT2D eigenvalue weighted by Gasteiger charge is -2.14. The molecule has 0 fully saturated rings. The fourth-order valence-electron chi connectivity index (χ4n) is 2.71. The van der Waals surface area contributed by atoms with Crippen LogP contribution in [0.1, 0.15) is 26.1 Å². The molecule has 27 heavy (non-hydrogen) atoms. The van der Waals surface area contributed by atoms with Crippen LogP contribution in [0.25, 0.3) is 11.0 Å². The zero-order valence-electron chi connectivity index (χ0n) is 15.2. The summed E-state index contributed by atoms with van der Waals surface area (Å²) in [7, 11) is 0. The quantitative estimate of drug-likeness (QED) is 0.611. The summed E-state index contributed by atoms with van der Waals surface area (Å²) in [5, 5.41) is 3.96. The molecule has 1 aromatic heterocycles. The number of hydrogen-bond acceptors (Lipinski definition) is 3. The zero-order valence-corrected chi connectivity index (χ0v) is 16.7. The Morgan fingerprint density at radius 1 is 1.26 bits per heavy atom. The van der Waals surface area contributed by atoms with Crippen molar-refractivity contribution in [2.24, 2.45) is 0 Å². The highest BCUT2D eigenvalue weighted by molar-refractivity contribution is 6.35. The van der Waals surface area contributed by atoms with E-state index in [4.69, 9.17) is 27.9 Å². The molecule has 0 unspecified atom stereocenters. The van der Waals surface area contributed by atoms with E-state index in [0.29, 0.717) is 21.6 Å². The van der Waals surface area contributed by atoms with E-state index in [2.05, 4.69) is 10.3 Å². The summed E-state index contributed by atoms with van der Waals surface area (Å²) < 4.78 is 7.70. The first-order valence-electron chi connectivity index (χ1n) is 8.79. The Morgan fingerprint density at radius 3 is 2.78 bits per heavy atom. The number of rotatable bonds is 7. The monoisotopic (exact) mass is 405 g/mol. The number of ether oxygens (including phenoxy) is 1. The second kappa shape index (κ2) is 8.63. The van der Waals surface area contributed by atoms with E-state index in [9.17, 15) is 4.79 Å². The number of carbonyl (C=O) groups excluding carboxylic acids is 1. The lowest BCUT2D eigenvalue weighted by molar-refractivity contribution is -0.122. The lowest BCUT2D eigenvalue weighted by atomic mass is 10.2. The van der Waals surface area contributed by atoms with Crippen LogP contribution in [0, 0.1) is 0 Å². The third kappa shape index (κ3) is 4.73. The third-order valence-electron chi connectivity index (χ3n) is 4.31. The van der Waals surface area contributed by atoms with Gasteiger partial charge in [-0.25, -0.2) is 4.98 Å². The number of hydrogen-bond donors (Lipinski definition) is 1. The Kier molecular flexibility index (Phi) is 6.24. The van der Waals surface area contributed by atoms with Gasteiger partial charge >= 0.3 is 0 Å². The molecule has 2 aromatic carbocycles. The van der Waals surface area contributed by atoms with E-state index in [1.807, 2.05) is 42.7 Å². The van der Waals surface area contributed by atoms with Gasteiger partial charge in [0, 0.05) is 11.1 Å². The molecule has 5 nitrogen and oxygen atoms in total. The maximum absolute atomic E-state index is 12.4. The molecule has 1 N–H and O–H groups in total. The summed E-state index contributed by atoms with van der Waals surface area (Å²) in [6.07, 6.45) is 0.876. The van der Waals surface area contributed by atoms with Crippen molar-refractivity contribution in [1.82, 2.24) is 14.9 Å². The number of benzene rings is 2. The van der Waals surface area contributed by atoms with Crippen LogP contribution in [0.5, 0.6) is 5.75 Å². The first kappa shape index (κ1) is 19.5. The van der Waals surface area contributed by atoms with E-state index in [1.165, 1.54) is 0 Å². The predicted molar refractivity (Wildman–Crippen MR) is 108 cm³/mol. The molecule has 1 heterocycles. The summed E-state index contributed by atoms with van der Waals surface area (Å²) in [5.41, 5.74) is 1.70. The number of imidazole rings is 1. The van der Waals surface area contributed by atoms with Crippen LogP contribution >= 0.6 is 23.2 Å². The molecule has 0 spiro atoms. The summed E-state index contributed by atoms with van der Waals surface area (Å²) in [6, 6.07) is 12.9. The Hall–Kier alpha value is -2.24. The van der Waals surface area contributed by atoms with Gasteiger partial charge in [0.15, 0.2) is 0 Å². The molecule has 0 aliphatic heterocycles.